The molecule has 4 heteroatoms. The first kappa shape index (κ1) is 17.3. The average Bonchev–Trinajstić information content (AvgIpc) is 2.27. The molecule has 1 rings (SSSR count). The summed E-state index contributed by atoms with van der Waals surface area (Å²) in [6.45, 7) is 13.0. The van der Waals surface area contributed by atoms with Gasteiger partial charge in [-0.05, 0) is 44.7 Å². The van der Waals surface area contributed by atoms with Crippen LogP contribution in [0.25, 0.3) is 0 Å². The number of anilines is 2. The Balaban J connectivity index is 2.65. The van der Waals surface area contributed by atoms with Gasteiger partial charge in [0.25, 0.3) is 0 Å². The summed E-state index contributed by atoms with van der Waals surface area (Å²) < 4.78 is 5.28. The van der Waals surface area contributed by atoms with E-state index in [1.807, 2.05) is 45.0 Å². The summed E-state index contributed by atoms with van der Waals surface area (Å²) in [6, 6.07) is 7.65. The number of hydrogen-bond donors (Lipinski definition) is 2. The first-order chi connectivity index (χ1) is 9.57. The van der Waals surface area contributed by atoms with Gasteiger partial charge in [0, 0.05) is 6.54 Å². The Morgan fingerprint density at radius 2 is 1.62 bits per heavy atom. The summed E-state index contributed by atoms with van der Waals surface area (Å²) in [4.78, 5) is 11.9. The van der Waals surface area contributed by atoms with Crippen LogP contribution < -0.4 is 10.6 Å². The molecule has 0 spiro atoms. The molecule has 0 aliphatic heterocycles. The van der Waals surface area contributed by atoms with Gasteiger partial charge in [-0.1, -0.05) is 32.9 Å². The molecule has 0 bridgehead atoms. The number of carbonyl (C=O) groups excluding carboxylic acids is 1. The second kappa shape index (κ2) is 6.83. The molecule has 21 heavy (non-hydrogen) atoms. The maximum Gasteiger partial charge on any atom is 0.412 e. The van der Waals surface area contributed by atoms with Gasteiger partial charge >= 0.3 is 6.09 Å². The molecule has 1 aromatic rings. The highest BCUT2D eigenvalue weighted by Crippen LogP contribution is 2.24. The van der Waals surface area contributed by atoms with Crippen molar-refractivity contribution >= 4 is 17.5 Å². The fourth-order valence-corrected chi connectivity index (χ4v) is 1.73. The average molecular weight is 292 g/mol. The van der Waals surface area contributed by atoms with Crippen LogP contribution in [0.3, 0.4) is 0 Å². The molecule has 1 aromatic carbocycles. The van der Waals surface area contributed by atoms with Gasteiger partial charge in [-0.25, -0.2) is 4.79 Å². The molecule has 0 atom stereocenters. The minimum absolute atomic E-state index is 0.278. The zero-order valence-corrected chi connectivity index (χ0v) is 14.0. The highest BCUT2D eigenvalue weighted by atomic mass is 16.6. The summed E-state index contributed by atoms with van der Waals surface area (Å²) in [5, 5.41) is 6.16. The van der Waals surface area contributed by atoms with Crippen molar-refractivity contribution < 1.29 is 9.53 Å². The van der Waals surface area contributed by atoms with Crippen molar-refractivity contribution in [1.29, 1.82) is 0 Å². The summed E-state index contributed by atoms with van der Waals surface area (Å²) in [5.41, 5.74) is 1.42. The maximum atomic E-state index is 11.9. The van der Waals surface area contributed by atoms with Crippen molar-refractivity contribution in [3.8, 4) is 0 Å². The third-order valence-electron chi connectivity index (χ3n) is 2.75. The summed E-state index contributed by atoms with van der Waals surface area (Å²) in [7, 11) is 0. The third kappa shape index (κ3) is 7.59. The van der Waals surface area contributed by atoms with Gasteiger partial charge < -0.3 is 10.1 Å². The van der Waals surface area contributed by atoms with Crippen molar-refractivity contribution in [2.75, 3.05) is 17.2 Å². The van der Waals surface area contributed by atoms with Crippen molar-refractivity contribution in [2.45, 2.75) is 53.6 Å². The van der Waals surface area contributed by atoms with Crippen LogP contribution in [0.4, 0.5) is 16.2 Å². The maximum absolute atomic E-state index is 11.9. The van der Waals surface area contributed by atoms with E-state index in [1.54, 1.807) is 0 Å². The van der Waals surface area contributed by atoms with Gasteiger partial charge in [0.05, 0.1) is 11.4 Å². The molecule has 0 unspecified atom stereocenters. The molecule has 0 saturated carbocycles. The normalized spacial score (nSPS) is 11.9. The molecule has 0 aliphatic carbocycles. The van der Waals surface area contributed by atoms with Crippen LogP contribution in [0.2, 0.25) is 0 Å². The van der Waals surface area contributed by atoms with Gasteiger partial charge in [0.2, 0.25) is 0 Å². The molecule has 0 fully saturated rings. The van der Waals surface area contributed by atoms with E-state index < -0.39 is 11.7 Å². The van der Waals surface area contributed by atoms with Crippen LogP contribution in [0.5, 0.6) is 0 Å². The van der Waals surface area contributed by atoms with Gasteiger partial charge in [0.1, 0.15) is 5.60 Å². The summed E-state index contributed by atoms with van der Waals surface area (Å²) in [5.74, 6) is 0. The Hall–Kier alpha value is -1.71. The minimum Gasteiger partial charge on any atom is -0.444 e. The summed E-state index contributed by atoms with van der Waals surface area (Å²) in [6.07, 6.45) is 0.612. The summed E-state index contributed by atoms with van der Waals surface area (Å²) >= 11 is 0. The predicted molar refractivity (Wildman–Crippen MR) is 88.9 cm³/mol. The molecule has 4 nitrogen and oxygen atoms in total. The Labute approximate surface area is 128 Å². The zero-order chi connectivity index (χ0) is 16.1. The van der Waals surface area contributed by atoms with Crippen LogP contribution in [0.1, 0.15) is 48.0 Å². The lowest BCUT2D eigenvalue weighted by atomic mass is 9.92. The Kier molecular flexibility index (Phi) is 5.64. The number of hydrogen-bond acceptors (Lipinski definition) is 3. The van der Waals surface area contributed by atoms with E-state index >= 15 is 0 Å². The molecule has 0 heterocycles. The van der Waals surface area contributed by atoms with Crippen LogP contribution in [0, 0.1) is 5.41 Å². The van der Waals surface area contributed by atoms with Crippen molar-refractivity contribution in [3.63, 3.8) is 0 Å². The first-order valence-electron chi connectivity index (χ1n) is 7.40. The molecule has 0 aromatic heterocycles. The number of carbonyl (C=O) groups is 1. The standard InChI is InChI=1S/C17H28N2O2/c1-16(2,3)11-12-18-13-9-7-8-10-14(13)19-15(20)21-17(4,5)6/h7-10,18H,11-12H2,1-6H3,(H,19,20). The van der Waals surface area contributed by atoms with Crippen molar-refractivity contribution in [3.05, 3.63) is 24.3 Å². The van der Waals surface area contributed by atoms with E-state index in [1.165, 1.54) is 0 Å². The lowest BCUT2D eigenvalue weighted by Gasteiger charge is -2.21. The second-order valence-electron chi connectivity index (χ2n) is 7.41. The quantitative estimate of drug-likeness (QED) is 0.831. The number of rotatable bonds is 4. The molecule has 118 valence electrons. The number of nitrogens with one attached hydrogen (secondary N) is 2. The minimum atomic E-state index is -0.501. The van der Waals surface area contributed by atoms with Crippen molar-refractivity contribution in [1.82, 2.24) is 0 Å². The fraction of sp³-hybridized carbons (Fsp3) is 0.588. The van der Waals surface area contributed by atoms with Gasteiger partial charge in [-0.2, -0.15) is 0 Å². The number of ether oxygens (including phenoxy) is 1. The van der Waals surface area contributed by atoms with Crippen LogP contribution in [-0.4, -0.2) is 18.2 Å². The Morgan fingerprint density at radius 1 is 1.05 bits per heavy atom. The van der Waals surface area contributed by atoms with E-state index in [-0.39, 0.29) is 5.41 Å². The predicted octanol–water partition coefficient (Wildman–Crippen LogP) is 4.88. The fourth-order valence-electron chi connectivity index (χ4n) is 1.73. The lowest BCUT2D eigenvalue weighted by Crippen LogP contribution is -2.27. The molecular formula is C17H28N2O2. The zero-order valence-electron chi connectivity index (χ0n) is 14.0. The molecule has 0 radical (unpaired) electrons. The number of para-hydroxylation sites is 2. The van der Waals surface area contributed by atoms with E-state index in [4.69, 9.17) is 4.74 Å². The molecule has 1 amide bonds. The largest absolute Gasteiger partial charge is 0.444 e. The monoisotopic (exact) mass is 292 g/mol. The van der Waals surface area contributed by atoms with Crippen LogP contribution >= 0.6 is 0 Å². The number of benzene rings is 1. The van der Waals surface area contributed by atoms with E-state index in [0.717, 1.165) is 24.3 Å². The van der Waals surface area contributed by atoms with Crippen LogP contribution in [-0.2, 0) is 4.74 Å². The van der Waals surface area contributed by atoms with E-state index in [0.29, 0.717) is 0 Å². The van der Waals surface area contributed by atoms with Gasteiger partial charge in [-0.3, -0.25) is 5.32 Å². The van der Waals surface area contributed by atoms with E-state index in [9.17, 15) is 4.79 Å². The third-order valence-corrected chi connectivity index (χ3v) is 2.75. The smallest absolute Gasteiger partial charge is 0.412 e. The topological polar surface area (TPSA) is 50.4 Å². The Bertz CT molecular complexity index is 470. The first-order valence-corrected chi connectivity index (χ1v) is 7.40. The molecule has 0 aliphatic rings. The van der Waals surface area contributed by atoms with Crippen molar-refractivity contribution in [2.24, 2.45) is 5.41 Å². The molecule has 2 N–H and O–H groups in total. The highest BCUT2D eigenvalue weighted by Gasteiger charge is 2.17. The molecular weight excluding hydrogens is 264 g/mol. The highest BCUT2D eigenvalue weighted by molar-refractivity contribution is 5.89. The van der Waals surface area contributed by atoms with Gasteiger partial charge in [-0.15, -0.1) is 0 Å². The SMILES string of the molecule is CC(C)(C)CCNc1ccccc1NC(=O)OC(C)(C)C. The Morgan fingerprint density at radius 3 is 2.14 bits per heavy atom. The number of amides is 1. The second-order valence-corrected chi connectivity index (χ2v) is 7.41. The van der Waals surface area contributed by atoms with Gasteiger partial charge in [0.15, 0.2) is 0 Å². The molecule has 0 saturated heterocycles. The van der Waals surface area contributed by atoms with Crippen LogP contribution in [0.15, 0.2) is 24.3 Å². The van der Waals surface area contributed by atoms with E-state index in [2.05, 4.69) is 31.4 Å². The lowest BCUT2D eigenvalue weighted by molar-refractivity contribution is 0.0636.